The van der Waals surface area contributed by atoms with E-state index in [4.69, 9.17) is 4.74 Å². The molecule has 1 aliphatic rings. The van der Waals surface area contributed by atoms with Crippen LogP contribution >= 0.6 is 0 Å². The molecule has 6 nitrogen and oxygen atoms in total. The van der Waals surface area contributed by atoms with Crippen molar-refractivity contribution >= 4 is 23.5 Å². The highest BCUT2D eigenvalue weighted by molar-refractivity contribution is 5.84. The summed E-state index contributed by atoms with van der Waals surface area (Å²) in [5.74, 6) is 0.533. The number of hydrazone groups is 1. The van der Waals surface area contributed by atoms with Gasteiger partial charge in [0.25, 0.3) is 5.91 Å². The van der Waals surface area contributed by atoms with Crippen molar-refractivity contribution in [1.82, 2.24) is 5.43 Å². The number of carbonyl (C=O) groups excluding carboxylic acids is 1. The van der Waals surface area contributed by atoms with Crippen LogP contribution in [0.3, 0.4) is 0 Å². The van der Waals surface area contributed by atoms with Crippen molar-refractivity contribution in [2.24, 2.45) is 5.10 Å². The molecule has 1 heterocycles. The molecule has 3 rings (SSSR count). The van der Waals surface area contributed by atoms with Crippen LogP contribution in [0.5, 0.6) is 5.75 Å². The second kappa shape index (κ2) is 9.62. The van der Waals surface area contributed by atoms with Crippen LogP contribution in [0.25, 0.3) is 0 Å². The summed E-state index contributed by atoms with van der Waals surface area (Å²) in [4.78, 5) is 14.3. The van der Waals surface area contributed by atoms with Crippen molar-refractivity contribution in [1.29, 1.82) is 0 Å². The summed E-state index contributed by atoms with van der Waals surface area (Å²) in [5.41, 5.74) is 5.56. The summed E-state index contributed by atoms with van der Waals surface area (Å²) in [6, 6.07) is 15.7. The molecule has 0 bridgehead atoms. The molecule has 1 fully saturated rings. The standard InChI is InChI=1S/C21H26N4O2/c1-27-20-7-5-6-18(14-20)22-16-21(26)24-23-15-17-8-10-19(11-9-17)25-12-3-2-4-13-25/h5-11,14-15,22H,2-4,12-13,16H2,1H3,(H,24,26)/b23-15-. The van der Waals surface area contributed by atoms with E-state index in [1.54, 1.807) is 13.3 Å². The Kier molecular flexibility index (Phi) is 6.68. The van der Waals surface area contributed by atoms with Crippen LogP contribution in [-0.4, -0.2) is 38.9 Å². The minimum atomic E-state index is -0.209. The molecule has 0 unspecified atom stereocenters. The SMILES string of the molecule is COc1cccc(NCC(=O)N/N=C\c2ccc(N3CCCCC3)cc2)c1. The molecule has 0 radical (unpaired) electrons. The zero-order valence-electron chi connectivity index (χ0n) is 15.6. The lowest BCUT2D eigenvalue weighted by molar-refractivity contribution is -0.119. The third kappa shape index (κ3) is 5.74. The second-order valence-corrected chi connectivity index (χ2v) is 6.52. The van der Waals surface area contributed by atoms with Gasteiger partial charge in [0, 0.05) is 30.5 Å². The third-order valence-corrected chi connectivity index (χ3v) is 4.54. The van der Waals surface area contributed by atoms with E-state index in [2.05, 4.69) is 32.9 Å². The van der Waals surface area contributed by atoms with E-state index in [-0.39, 0.29) is 12.5 Å². The lowest BCUT2D eigenvalue weighted by Gasteiger charge is -2.28. The Bertz CT molecular complexity index is 768. The van der Waals surface area contributed by atoms with Gasteiger partial charge in [0.15, 0.2) is 0 Å². The van der Waals surface area contributed by atoms with Gasteiger partial charge in [-0.25, -0.2) is 5.43 Å². The number of nitrogens with one attached hydrogen (secondary N) is 2. The summed E-state index contributed by atoms with van der Waals surface area (Å²) in [6.45, 7) is 2.39. The molecule has 2 N–H and O–H groups in total. The third-order valence-electron chi connectivity index (χ3n) is 4.54. The lowest BCUT2D eigenvalue weighted by Crippen LogP contribution is -2.29. The van der Waals surface area contributed by atoms with Gasteiger partial charge in [0.05, 0.1) is 19.9 Å². The molecular weight excluding hydrogens is 340 g/mol. The van der Waals surface area contributed by atoms with Crippen molar-refractivity contribution in [2.45, 2.75) is 19.3 Å². The maximum absolute atomic E-state index is 11.9. The first-order valence-corrected chi connectivity index (χ1v) is 9.29. The van der Waals surface area contributed by atoms with Crippen molar-refractivity contribution in [3.05, 3.63) is 54.1 Å². The molecular formula is C21H26N4O2. The monoisotopic (exact) mass is 366 g/mol. The fraction of sp³-hybridized carbons (Fsp3) is 0.333. The second-order valence-electron chi connectivity index (χ2n) is 6.52. The first-order valence-electron chi connectivity index (χ1n) is 9.29. The summed E-state index contributed by atoms with van der Waals surface area (Å²) >= 11 is 0. The Morgan fingerprint density at radius 3 is 2.67 bits per heavy atom. The molecule has 2 aromatic carbocycles. The van der Waals surface area contributed by atoms with Crippen LogP contribution in [0.1, 0.15) is 24.8 Å². The Morgan fingerprint density at radius 2 is 1.93 bits per heavy atom. The maximum Gasteiger partial charge on any atom is 0.259 e. The molecule has 1 saturated heterocycles. The zero-order chi connectivity index (χ0) is 18.9. The number of benzene rings is 2. The minimum Gasteiger partial charge on any atom is -0.497 e. The number of hydrogen-bond acceptors (Lipinski definition) is 5. The van der Waals surface area contributed by atoms with Crippen LogP contribution in [0.4, 0.5) is 11.4 Å². The zero-order valence-corrected chi connectivity index (χ0v) is 15.6. The van der Waals surface area contributed by atoms with E-state index >= 15 is 0 Å². The number of carbonyl (C=O) groups is 1. The van der Waals surface area contributed by atoms with Crippen LogP contribution < -0.4 is 20.4 Å². The molecule has 0 saturated carbocycles. The number of anilines is 2. The fourth-order valence-electron chi connectivity index (χ4n) is 3.06. The van der Waals surface area contributed by atoms with E-state index in [1.165, 1.54) is 24.9 Å². The van der Waals surface area contributed by atoms with E-state index in [1.807, 2.05) is 36.4 Å². The smallest absolute Gasteiger partial charge is 0.259 e. The van der Waals surface area contributed by atoms with Gasteiger partial charge in [0.2, 0.25) is 0 Å². The average molecular weight is 366 g/mol. The molecule has 2 aromatic rings. The van der Waals surface area contributed by atoms with E-state index < -0.39 is 0 Å². The highest BCUT2D eigenvalue weighted by atomic mass is 16.5. The summed E-state index contributed by atoms with van der Waals surface area (Å²) in [5, 5.41) is 7.07. The summed E-state index contributed by atoms with van der Waals surface area (Å²) in [7, 11) is 1.61. The van der Waals surface area contributed by atoms with Crippen LogP contribution in [-0.2, 0) is 4.79 Å². The van der Waals surface area contributed by atoms with Crippen molar-refractivity contribution in [2.75, 3.05) is 37.0 Å². The molecule has 0 aromatic heterocycles. The molecule has 27 heavy (non-hydrogen) atoms. The van der Waals surface area contributed by atoms with Gasteiger partial charge in [-0.15, -0.1) is 0 Å². The summed E-state index contributed by atoms with van der Waals surface area (Å²) < 4.78 is 5.16. The predicted octanol–water partition coefficient (Wildman–Crippen LogP) is 3.25. The van der Waals surface area contributed by atoms with E-state index in [0.29, 0.717) is 0 Å². The maximum atomic E-state index is 11.9. The normalized spacial score (nSPS) is 14.2. The van der Waals surface area contributed by atoms with Crippen molar-refractivity contribution in [3.63, 3.8) is 0 Å². The number of ether oxygens (including phenoxy) is 1. The van der Waals surface area contributed by atoms with Gasteiger partial charge >= 0.3 is 0 Å². The molecule has 0 spiro atoms. The molecule has 1 aliphatic heterocycles. The molecule has 1 amide bonds. The lowest BCUT2D eigenvalue weighted by atomic mass is 10.1. The number of hydrogen-bond donors (Lipinski definition) is 2. The van der Waals surface area contributed by atoms with Crippen LogP contribution in [0.15, 0.2) is 53.6 Å². The highest BCUT2D eigenvalue weighted by Crippen LogP contribution is 2.19. The largest absolute Gasteiger partial charge is 0.497 e. The minimum absolute atomic E-state index is 0.137. The van der Waals surface area contributed by atoms with Crippen molar-refractivity contribution < 1.29 is 9.53 Å². The summed E-state index contributed by atoms with van der Waals surface area (Å²) in [6.07, 6.45) is 5.51. The number of rotatable bonds is 7. The Balaban J connectivity index is 1.44. The first-order chi connectivity index (χ1) is 13.2. The molecule has 0 atom stereocenters. The number of nitrogens with zero attached hydrogens (tertiary/aromatic N) is 2. The topological polar surface area (TPSA) is 66.0 Å². The Morgan fingerprint density at radius 1 is 1.15 bits per heavy atom. The van der Waals surface area contributed by atoms with E-state index in [9.17, 15) is 4.79 Å². The quantitative estimate of drug-likeness (QED) is 0.583. The first kappa shape index (κ1) is 18.8. The molecule has 6 heteroatoms. The molecule has 142 valence electrons. The van der Waals surface area contributed by atoms with Gasteiger partial charge in [-0.05, 0) is 49.1 Å². The van der Waals surface area contributed by atoms with Crippen LogP contribution in [0.2, 0.25) is 0 Å². The Labute approximate surface area is 160 Å². The average Bonchev–Trinajstić information content (AvgIpc) is 2.73. The number of piperidine rings is 1. The highest BCUT2D eigenvalue weighted by Gasteiger charge is 2.10. The van der Waals surface area contributed by atoms with E-state index in [0.717, 1.165) is 30.1 Å². The van der Waals surface area contributed by atoms with Gasteiger partial charge < -0.3 is 15.0 Å². The van der Waals surface area contributed by atoms with Gasteiger partial charge in [-0.3, -0.25) is 4.79 Å². The fourth-order valence-corrected chi connectivity index (χ4v) is 3.06. The number of amides is 1. The Hall–Kier alpha value is -3.02. The predicted molar refractivity (Wildman–Crippen MR) is 110 cm³/mol. The van der Waals surface area contributed by atoms with Gasteiger partial charge in [-0.2, -0.15) is 5.10 Å². The van der Waals surface area contributed by atoms with Crippen LogP contribution in [0, 0.1) is 0 Å². The van der Waals surface area contributed by atoms with Gasteiger partial charge in [-0.1, -0.05) is 18.2 Å². The number of methoxy groups -OCH3 is 1. The molecule has 0 aliphatic carbocycles. The van der Waals surface area contributed by atoms with Crippen molar-refractivity contribution in [3.8, 4) is 5.75 Å². The van der Waals surface area contributed by atoms with Gasteiger partial charge in [0.1, 0.15) is 5.75 Å².